The Morgan fingerprint density at radius 1 is 1.07 bits per heavy atom. The predicted molar refractivity (Wildman–Crippen MR) is 59.0 cm³/mol. The molecule has 0 aromatic carbocycles. The lowest BCUT2D eigenvalue weighted by Crippen LogP contribution is -2.18. The highest BCUT2D eigenvalue weighted by atomic mass is 16.5. The third kappa shape index (κ3) is 11.8. The minimum Gasteiger partial charge on any atom is -0.394 e. The van der Waals surface area contributed by atoms with Gasteiger partial charge in [-0.1, -0.05) is 13.3 Å². The zero-order chi connectivity index (χ0) is 11.4. The third-order valence-electron chi connectivity index (χ3n) is 1.86. The van der Waals surface area contributed by atoms with Gasteiger partial charge in [0.2, 0.25) is 0 Å². The van der Waals surface area contributed by atoms with Gasteiger partial charge in [0.1, 0.15) is 0 Å². The van der Waals surface area contributed by atoms with E-state index in [0.717, 1.165) is 19.4 Å². The Hall–Kier alpha value is -0.160. The van der Waals surface area contributed by atoms with E-state index in [0.29, 0.717) is 26.4 Å². The first kappa shape index (κ1) is 14.8. The molecule has 0 radical (unpaired) electrons. The van der Waals surface area contributed by atoms with E-state index >= 15 is 0 Å². The molecule has 4 heteroatoms. The second-order valence-corrected chi connectivity index (χ2v) is 3.45. The van der Waals surface area contributed by atoms with E-state index in [-0.39, 0.29) is 12.7 Å². The first-order chi connectivity index (χ1) is 7.31. The van der Waals surface area contributed by atoms with Crippen molar-refractivity contribution in [1.82, 2.24) is 0 Å². The summed E-state index contributed by atoms with van der Waals surface area (Å²) in [5.74, 6) is 0. The van der Waals surface area contributed by atoms with Gasteiger partial charge in [-0.15, -0.1) is 0 Å². The maximum Gasteiger partial charge on any atom is 0.0780 e. The topological polar surface area (TPSA) is 47.9 Å². The number of ether oxygens (including phenoxy) is 3. The summed E-state index contributed by atoms with van der Waals surface area (Å²) in [6.45, 7) is 7.09. The van der Waals surface area contributed by atoms with Gasteiger partial charge >= 0.3 is 0 Å². The van der Waals surface area contributed by atoms with E-state index in [4.69, 9.17) is 19.3 Å². The number of aliphatic hydroxyl groups is 1. The zero-order valence-corrected chi connectivity index (χ0v) is 9.91. The Bertz CT molecular complexity index is 119. The number of unbranched alkanes of at least 4 members (excludes halogenated alkanes) is 1. The summed E-state index contributed by atoms with van der Waals surface area (Å²) in [7, 11) is 0. The van der Waals surface area contributed by atoms with Gasteiger partial charge in [0.05, 0.1) is 39.1 Å². The van der Waals surface area contributed by atoms with E-state index in [1.165, 1.54) is 0 Å². The third-order valence-corrected chi connectivity index (χ3v) is 1.86. The van der Waals surface area contributed by atoms with Crippen LogP contribution in [0.15, 0.2) is 0 Å². The van der Waals surface area contributed by atoms with Crippen molar-refractivity contribution in [3.8, 4) is 0 Å². The largest absolute Gasteiger partial charge is 0.394 e. The molecule has 0 aliphatic carbocycles. The molecule has 0 spiro atoms. The van der Waals surface area contributed by atoms with Crippen molar-refractivity contribution in [2.45, 2.75) is 32.8 Å². The highest BCUT2D eigenvalue weighted by Gasteiger charge is 2.01. The molecular formula is C11H24O4. The molecule has 0 aliphatic heterocycles. The van der Waals surface area contributed by atoms with Crippen LogP contribution >= 0.6 is 0 Å². The highest BCUT2D eigenvalue weighted by molar-refractivity contribution is 4.47. The molecule has 0 heterocycles. The molecule has 0 fully saturated rings. The van der Waals surface area contributed by atoms with Crippen LogP contribution in [0.1, 0.15) is 26.7 Å². The lowest BCUT2D eigenvalue weighted by molar-refractivity contribution is -0.0266. The lowest BCUT2D eigenvalue weighted by Gasteiger charge is -2.13. The van der Waals surface area contributed by atoms with E-state index in [2.05, 4.69) is 6.92 Å². The first-order valence-corrected chi connectivity index (χ1v) is 5.69. The van der Waals surface area contributed by atoms with Crippen molar-refractivity contribution in [2.24, 2.45) is 0 Å². The van der Waals surface area contributed by atoms with Crippen LogP contribution in [0.4, 0.5) is 0 Å². The molecule has 0 aromatic rings. The summed E-state index contributed by atoms with van der Waals surface area (Å²) in [6, 6.07) is 0. The molecule has 15 heavy (non-hydrogen) atoms. The van der Waals surface area contributed by atoms with Gasteiger partial charge in [-0.2, -0.15) is 0 Å². The average Bonchev–Trinajstić information content (AvgIpc) is 2.23. The maximum atomic E-state index is 8.45. The Labute approximate surface area is 92.5 Å². The summed E-state index contributed by atoms with van der Waals surface area (Å²) in [5, 5.41) is 8.45. The number of aliphatic hydroxyl groups excluding tert-OH is 1. The van der Waals surface area contributed by atoms with Crippen molar-refractivity contribution in [1.29, 1.82) is 0 Å². The zero-order valence-electron chi connectivity index (χ0n) is 9.91. The Morgan fingerprint density at radius 2 is 1.80 bits per heavy atom. The molecule has 0 aliphatic rings. The molecule has 92 valence electrons. The van der Waals surface area contributed by atoms with Crippen molar-refractivity contribution in [2.75, 3.05) is 39.6 Å². The molecule has 0 amide bonds. The SMILES string of the molecule is CCCCOC(C)COCCOCCO. The van der Waals surface area contributed by atoms with E-state index in [1.807, 2.05) is 6.92 Å². The standard InChI is InChI=1S/C11H24O4/c1-3-4-6-15-11(2)10-14-9-8-13-7-5-12/h11-12H,3-10H2,1-2H3. The fourth-order valence-electron chi connectivity index (χ4n) is 1.01. The fraction of sp³-hybridized carbons (Fsp3) is 1.00. The van der Waals surface area contributed by atoms with Crippen LogP contribution in [0.2, 0.25) is 0 Å². The molecule has 4 nitrogen and oxygen atoms in total. The minimum absolute atomic E-state index is 0.0660. The van der Waals surface area contributed by atoms with Gasteiger partial charge < -0.3 is 19.3 Å². The molecule has 0 aromatic heterocycles. The van der Waals surface area contributed by atoms with Gasteiger partial charge in [-0.25, -0.2) is 0 Å². The second kappa shape index (κ2) is 11.9. The van der Waals surface area contributed by atoms with Crippen molar-refractivity contribution >= 4 is 0 Å². The van der Waals surface area contributed by atoms with E-state index < -0.39 is 0 Å². The Morgan fingerprint density at radius 3 is 2.47 bits per heavy atom. The maximum absolute atomic E-state index is 8.45. The normalized spacial score (nSPS) is 13.0. The fourth-order valence-corrected chi connectivity index (χ4v) is 1.01. The van der Waals surface area contributed by atoms with Gasteiger partial charge in [0, 0.05) is 6.61 Å². The summed E-state index contributed by atoms with van der Waals surface area (Å²) < 4.78 is 15.9. The van der Waals surface area contributed by atoms with Gasteiger partial charge in [-0.3, -0.25) is 0 Å². The summed E-state index contributed by atoms with van der Waals surface area (Å²) in [6.07, 6.45) is 2.40. The van der Waals surface area contributed by atoms with Gasteiger partial charge in [0.15, 0.2) is 0 Å². The first-order valence-electron chi connectivity index (χ1n) is 5.69. The van der Waals surface area contributed by atoms with Gasteiger partial charge in [0.25, 0.3) is 0 Å². The highest BCUT2D eigenvalue weighted by Crippen LogP contribution is 1.95. The minimum atomic E-state index is 0.0660. The van der Waals surface area contributed by atoms with Gasteiger partial charge in [-0.05, 0) is 13.3 Å². The lowest BCUT2D eigenvalue weighted by atomic mass is 10.3. The van der Waals surface area contributed by atoms with Crippen molar-refractivity contribution in [3.05, 3.63) is 0 Å². The average molecular weight is 220 g/mol. The monoisotopic (exact) mass is 220 g/mol. The van der Waals surface area contributed by atoms with Crippen LogP contribution in [0.5, 0.6) is 0 Å². The van der Waals surface area contributed by atoms with Crippen molar-refractivity contribution in [3.63, 3.8) is 0 Å². The van der Waals surface area contributed by atoms with Crippen LogP contribution in [-0.2, 0) is 14.2 Å². The van der Waals surface area contributed by atoms with Crippen molar-refractivity contribution < 1.29 is 19.3 Å². The molecule has 0 saturated heterocycles. The van der Waals surface area contributed by atoms with Crippen LogP contribution < -0.4 is 0 Å². The molecule has 1 N–H and O–H groups in total. The van der Waals surface area contributed by atoms with Crippen LogP contribution in [0, 0.1) is 0 Å². The van der Waals surface area contributed by atoms with Crippen LogP contribution in [-0.4, -0.2) is 50.9 Å². The smallest absolute Gasteiger partial charge is 0.0780 e. The summed E-state index contributed by atoms with van der Waals surface area (Å²) in [5.41, 5.74) is 0. The molecule has 0 saturated carbocycles. The van der Waals surface area contributed by atoms with E-state index in [9.17, 15) is 0 Å². The molecule has 0 bridgehead atoms. The number of hydrogen-bond acceptors (Lipinski definition) is 4. The number of hydrogen-bond donors (Lipinski definition) is 1. The molecule has 1 unspecified atom stereocenters. The molecule has 0 rings (SSSR count). The van der Waals surface area contributed by atoms with Crippen LogP contribution in [0.3, 0.4) is 0 Å². The Balaban J connectivity index is 3.06. The number of rotatable bonds is 11. The van der Waals surface area contributed by atoms with Crippen LogP contribution in [0.25, 0.3) is 0 Å². The summed E-state index contributed by atoms with van der Waals surface area (Å²) in [4.78, 5) is 0. The van der Waals surface area contributed by atoms with E-state index in [1.54, 1.807) is 0 Å². The second-order valence-electron chi connectivity index (χ2n) is 3.45. The predicted octanol–water partition coefficient (Wildman–Crippen LogP) is 1.22. The Kier molecular flexibility index (Phi) is 11.8. The summed E-state index contributed by atoms with van der Waals surface area (Å²) >= 11 is 0. The molecular weight excluding hydrogens is 196 g/mol. The quantitative estimate of drug-likeness (QED) is 0.532. The molecule has 1 atom stereocenters.